The van der Waals surface area contributed by atoms with Crippen LogP contribution in [0.4, 0.5) is 0 Å². The van der Waals surface area contributed by atoms with Crippen molar-refractivity contribution in [1.29, 1.82) is 0 Å². The summed E-state index contributed by atoms with van der Waals surface area (Å²) in [6.45, 7) is 0.836. The van der Waals surface area contributed by atoms with Gasteiger partial charge in [-0.15, -0.1) is 0 Å². The highest BCUT2D eigenvalue weighted by molar-refractivity contribution is 6.30. The maximum absolute atomic E-state index is 8.88. The van der Waals surface area contributed by atoms with Crippen LogP contribution in [0.15, 0.2) is 18.2 Å². The predicted molar refractivity (Wildman–Crippen MR) is 66.8 cm³/mol. The molecule has 88 valence electrons. The number of hydrogen-bond donors (Lipinski definition) is 2. The van der Waals surface area contributed by atoms with Crippen molar-refractivity contribution in [2.45, 2.75) is 31.7 Å². The fourth-order valence-electron chi connectivity index (χ4n) is 2.39. The average molecular weight is 240 g/mol. The Morgan fingerprint density at radius 3 is 3.06 bits per heavy atom. The number of rotatable bonds is 3. The lowest BCUT2D eigenvalue weighted by atomic mass is 9.99. The minimum atomic E-state index is 0.187. The number of aliphatic hydroxyl groups is 1. The van der Waals surface area contributed by atoms with Gasteiger partial charge in [-0.05, 0) is 42.5 Å². The van der Waals surface area contributed by atoms with E-state index in [9.17, 15) is 0 Å². The fourth-order valence-corrected chi connectivity index (χ4v) is 2.57. The lowest BCUT2D eigenvalue weighted by Crippen LogP contribution is -2.24. The quantitative estimate of drug-likeness (QED) is 0.795. The molecule has 0 saturated heterocycles. The molecule has 16 heavy (non-hydrogen) atoms. The van der Waals surface area contributed by atoms with E-state index in [4.69, 9.17) is 16.7 Å². The van der Waals surface area contributed by atoms with Gasteiger partial charge in [-0.25, -0.2) is 0 Å². The van der Waals surface area contributed by atoms with E-state index in [0.717, 1.165) is 17.9 Å². The highest BCUT2D eigenvalue weighted by Gasteiger charge is 2.18. The van der Waals surface area contributed by atoms with Crippen LogP contribution in [0.1, 0.15) is 36.4 Å². The van der Waals surface area contributed by atoms with Gasteiger partial charge in [-0.1, -0.05) is 24.1 Å². The van der Waals surface area contributed by atoms with Crippen molar-refractivity contribution in [2.75, 3.05) is 13.2 Å². The number of halogens is 1. The number of hydrogen-bond acceptors (Lipinski definition) is 2. The van der Waals surface area contributed by atoms with E-state index in [1.165, 1.54) is 24.0 Å². The van der Waals surface area contributed by atoms with Gasteiger partial charge in [-0.3, -0.25) is 0 Å². The van der Waals surface area contributed by atoms with Crippen LogP contribution in [-0.4, -0.2) is 18.3 Å². The lowest BCUT2D eigenvalue weighted by molar-refractivity contribution is 0.282. The zero-order valence-electron chi connectivity index (χ0n) is 9.38. The number of nitrogens with one attached hydrogen (secondary N) is 1. The van der Waals surface area contributed by atoms with Crippen molar-refractivity contribution in [3.63, 3.8) is 0 Å². The second-order valence-electron chi connectivity index (χ2n) is 4.32. The van der Waals surface area contributed by atoms with E-state index in [1.54, 1.807) is 0 Å². The zero-order chi connectivity index (χ0) is 11.4. The molecule has 2 rings (SSSR count). The molecule has 1 aromatic rings. The molecule has 1 aliphatic rings. The van der Waals surface area contributed by atoms with Crippen molar-refractivity contribution >= 4 is 11.6 Å². The Morgan fingerprint density at radius 1 is 1.38 bits per heavy atom. The molecule has 0 fully saturated rings. The van der Waals surface area contributed by atoms with Crippen LogP contribution < -0.4 is 5.32 Å². The molecule has 0 saturated carbocycles. The van der Waals surface area contributed by atoms with Crippen molar-refractivity contribution in [2.24, 2.45) is 0 Å². The van der Waals surface area contributed by atoms with Gasteiger partial charge in [0.1, 0.15) is 0 Å². The first kappa shape index (κ1) is 11.9. The van der Waals surface area contributed by atoms with Gasteiger partial charge in [0, 0.05) is 17.6 Å². The van der Waals surface area contributed by atoms with Gasteiger partial charge in [0.15, 0.2) is 0 Å². The SMILES string of the molecule is OCCNC1CCCCc2ccc(Cl)cc21. The highest BCUT2D eigenvalue weighted by atomic mass is 35.5. The van der Waals surface area contributed by atoms with Crippen molar-refractivity contribution in [3.8, 4) is 0 Å². The van der Waals surface area contributed by atoms with Gasteiger partial charge in [-0.2, -0.15) is 0 Å². The van der Waals surface area contributed by atoms with E-state index in [-0.39, 0.29) is 6.61 Å². The molecule has 1 aliphatic carbocycles. The molecule has 0 bridgehead atoms. The van der Waals surface area contributed by atoms with Crippen LogP contribution >= 0.6 is 11.6 Å². The largest absolute Gasteiger partial charge is 0.395 e. The first-order valence-electron chi connectivity index (χ1n) is 5.94. The molecule has 0 aromatic heterocycles. The number of aliphatic hydroxyl groups excluding tert-OH is 1. The molecule has 1 atom stereocenters. The summed E-state index contributed by atoms with van der Waals surface area (Å²) in [5.41, 5.74) is 2.72. The third kappa shape index (κ3) is 2.76. The Morgan fingerprint density at radius 2 is 2.25 bits per heavy atom. The average Bonchev–Trinajstić information content (AvgIpc) is 2.48. The van der Waals surface area contributed by atoms with Crippen LogP contribution in [0.2, 0.25) is 5.02 Å². The molecular formula is C13H18ClNO. The minimum Gasteiger partial charge on any atom is -0.395 e. The summed E-state index contributed by atoms with van der Waals surface area (Å²) in [5.74, 6) is 0. The Hall–Kier alpha value is -0.570. The van der Waals surface area contributed by atoms with E-state index in [2.05, 4.69) is 17.4 Å². The predicted octanol–water partition coefficient (Wildman–Crippen LogP) is 2.69. The van der Waals surface area contributed by atoms with Crippen molar-refractivity contribution in [1.82, 2.24) is 5.32 Å². The Kier molecular flexibility index (Phi) is 4.22. The normalized spacial score (nSPS) is 20.2. The lowest BCUT2D eigenvalue weighted by Gasteiger charge is -2.19. The first-order valence-corrected chi connectivity index (χ1v) is 6.31. The zero-order valence-corrected chi connectivity index (χ0v) is 10.1. The summed E-state index contributed by atoms with van der Waals surface area (Å²) >= 11 is 6.05. The first-order chi connectivity index (χ1) is 7.81. The van der Waals surface area contributed by atoms with Gasteiger partial charge in [0.2, 0.25) is 0 Å². The molecule has 0 amide bonds. The van der Waals surface area contributed by atoms with E-state index in [1.807, 2.05) is 6.07 Å². The third-order valence-electron chi connectivity index (χ3n) is 3.17. The Balaban J connectivity index is 2.24. The molecule has 0 heterocycles. The molecule has 0 spiro atoms. The van der Waals surface area contributed by atoms with E-state index >= 15 is 0 Å². The fraction of sp³-hybridized carbons (Fsp3) is 0.538. The molecular weight excluding hydrogens is 222 g/mol. The molecule has 2 nitrogen and oxygen atoms in total. The van der Waals surface area contributed by atoms with Gasteiger partial charge in [0.25, 0.3) is 0 Å². The number of aryl methyl sites for hydroxylation is 1. The second kappa shape index (κ2) is 5.67. The smallest absolute Gasteiger partial charge is 0.0556 e. The molecule has 0 aliphatic heterocycles. The third-order valence-corrected chi connectivity index (χ3v) is 3.41. The number of fused-ring (bicyclic) bond motifs is 1. The van der Waals surface area contributed by atoms with Crippen LogP contribution in [0.25, 0.3) is 0 Å². The van der Waals surface area contributed by atoms with Crippen LogP contribution in [0, 0.1) is 0 Å². The van der Waals surface area contributed by atoms with E-state index in [0.29, 0.717) is 12.6 Å². The monoisotopic (exact) mass is 239 g/mol. The molecule has 3 heteroatoms. The van der Waals surface area contributed by atoms with Gasteiger partial charge >= 0.3 is 0 Å². The van der Waals surface area contributed by atoms with Crippen LogP contribution in [-0.2, 0) is 6.42 Å². The summed E-state index contributed by atoms with van der Waals surface area (Å²) in [6, 6.07) is 6.52. The van der Waals surface area contributed by atoms with Crippen molar-refractivity contribution in [3.05, 3.63) is 34.3 Å². The summed E-state index contributed by atoms with van der Waals surface area (Å²) in [7, 11) is 0. The van der Waals surface area contributed by atoms with Crippen LogP contribution in [0.3, 0.4) is 0 Å². The maximum Gasteiger partial charge on any atom is 0.0556 e. The topological polar surface area (TPSA) is 32.3 Å². The Labute approximate surface area is 102 Å². The number of benzene rings is 1. The second-order valence-corrected chi connectivity index (χ2v) is 4.76. The minimum absolute atomic E-state index is 0.187. The van der Waals surface area contributed by atoms with Gasteiger partial charge < -0.3 is 10.4 Å². The summed E-state index contributed by atoms with van der Waals surface area (Å²) in [6.07, 6.45) is 4.75. The molecule has 0 radical (unpaired) electrons. The molecule has 1 unspecified atom stereocenters. The maximum atomic E-state index is 8.88. The molecule has 1 aromatic carbocycles. The standard InChI is InChI=1S/C13H18ClNO/c14-11-6-5-10-3-1-2-4-13(12(10)9-11)15-7-8-16/h5-6,9,13,15-16H,1-4,7-8H2. The van der Waals surface area contributed by atoms with Crippen LogP contribution in [0.5, 0.6) is 0 Å². The summed E-state index contributed by atoms with van der Waals surface area (Å²) < 4.78 is 0. The van der Waals surface area contributed by atoms with E-state index < -0.39 is 0 Å². The Bertz CT molecular complexity index is 354. The van der Waals surface area contributed by atoms with Crippen molar-refractivity contribution < 1.29 is 5.11 Å². The van der Waals surface area contributed by atoms with Gasteiger partial charge in [0.05, 0.1) is 6.61 Å². The highest BCUT2D eigenvalue weighted by Crippen LogP contribution is 2.30. The molecule has 2 N–H and O–H groups in total. The summed E-state index contributed by atoms with van der Waals surface area (Å²) in [4.78, 5) is 0. The summed E-state index contributed by atoms with van der Waals surface area (Å²) in [5, 5.41) is 13.1.